The first-order valence-electron chi connectivity index (χ1n) is 9.30. The highest BCUT2D eigenvalue weighted by Gasteiger charge is 2.11. The molecule has 1 N–H and O–H groups in total. The zero-order valence-electron chi connectivity index (χ0n) is 16.5. The van der Waals surface area contributed by atoms with Crippen LogP contribution in [0.1, 0.15) is 42.6 Å². The van der Waals surface area contributed by atoms with Gasteiger partial charge in [0.2, 0.25) is 0 Å². The fraction of sp³-hybridized carbons (Fsp3) is 0.381. The number of hydrogen-bond acceptors (Lipinski definition) is 5. The minimum Gasteiger partial charge on any atom is -0.490 e. The Labute approximate surface area is 166 Å². The summed E-state index contributed by atoms with van der Waals surface area (Å²) < 4.78 is 34.2. The molecule has 0 aliphatic rings. The van der Waals surface area contributed by atoms with E-state index in [0.29, 0.717) is 41.5 Å². The van der Waals surface area contributed by atoms with Crippen molar-refractivity contribution in [1.29, 1.82) is 0 Å². The van der Waals surface area contributed by atoms with Crippen molar-refractivity contribution in [2.24, 2.45) is 0 Å². The maximum atomic E-state index is 12.5. The van der Waals surface area contributed by atoms with Crippen LogP contribution in [0.2, 0.25) is 0 Å². The average Bonchev–Trinajstić information content (AvgIpc) is 2.64. The highest BCUT2D eigenvalue weighted by atomic mass is 32.2. The summed E-state index contributed by atoms with van der Waals surface area (Å²) in [6.07, 6.45) is 2.93. The van der Waals surface area contributed by atoms with Gasteiger partial charge in [-0.3, -0.25) is 4.79 Å². The minimum absolute atomic E-state index is 0.0494. The molecule has 0 radical (unpaired) electrons. The maximum absolute atomic E-state index is 12.5. The summed E-state index contributed by atoms with van der Waals surface area (Å²) in [4.78, 5) is 12.5. The monoisotopic (exact) mass is 405 g/mol. The number of benzene rings is 2. The Morgan fingerprint density at radius 2 is 1.54 bits per heavy atom. The molecule has 152 valence electrons. The standard InChI is InChI=1S/C21H27NO5S/c1-4-12-26-19-11-10-18(14-20(19)27-13-5-2)22-21(23)17-8-6-16(7-9-17)15-28(3,24)25/h6-11,14H,4-5,12-13,15H2,1-3H3,(H,22,23). The third-order valence-corrected chi connectivity index (χ3v) is 4.63. The lowest BCUT2D eigenvalue weighted by Crippen LogP contribution is -2.12. The molecule has 0 saturated carbocycles. The molecule has 0 aliphatic heterocycles. The first-order valence-corrected chi connectivity index (χ1v) is 11.4. The fourth-order valence-corrected chi connectivity index (χ4v) is 3.30. The van der Waals surface area contributed by atoms with Crippen molar-refractivity contribution < 1.29 is 22.7 Å². The summed E-state index contributed by atoms with van der Waals surface area (Å²) >= 11 is 0. The molecule has 0 saturated heterocycles. The van der Waals surface area contributed by atoms with Gasteiger partial charge in [0, 0.05) is 23.6 Å². The highest BCUT2D eigenvalue weighted by Crippen LogP contribution is 2.31. The smallest absolute Gasteiger partial charge is 0.255 e. The fourth-order valence-electron chi connectivity index (χ4n) is 2.50. The first-order chi connectivity index (χ1) is 13.3. The van der Waals surface area contributed by atoms with E-state index in [0.717, 1.165) is 12.8 Å². The van der Waals surface area contributed by atoms with Gasteiger partial charge in [-0.1, -0.05) is 26.0 Å². The number of anilines is 1. The van der Waals surface area contributed by atoms with Gasteiger partial charge in [0.25, 0.3) is 5.91 Å². The van der Waals surface area contributed by atoms with Crippen LogP contribution >= 0.6 is 0 Å². The largest absolute Gasteiger partial charge is 0.490 e. The summed E-state index contributed by atoms with van der Waals surface area (Å²) in [7, 11) is -3.11. The van der Waals surface area contributed by atoms with Crippen molar-refractivity contribution in [3.8, 4) is 11.5 Å². The zero-order chi connectivity index (χ0) is 20.6. The molecule has 1 amide bonds. The highest BCUT2D eigenvalue weighted by molar-refractivity contribution is 7.89. The van der Waals surface area contributed by atoms with Crippen LogP contribution in [-0.4, -0.2) is 33.8 Å². The predicted octanol–water partition coefficient (Wildman–Crippen LogP) is 4.06. The lowest BCUT2D eigenvalue weighted by atomic mass is 10.1. The van der Waals surface area contributed by atoms with Gasteiger partial charge < -0.3 is 14.8 Å². The molecule has 0 aromatic heterocycles. The van der Waals surface area contributed by atoms with E-state index in [1.807, 2.05) is 13.8 Å². The van der Waals surface area contributed by atoms with Crippen molar-refractivity contribution in [2.45, 2.75) is 32.4 Å². The Kier molecular flexibility index (Phi) is 7.87. The van der Waals surface area contributed by atoms with E-state index in [-0.39, 0.29) is 11.7 Å². The number of ether oxygens (including phenoxy) is 2. The normalized spacial score (nSPS) is 11.1. The molecule has 6 nitrogen and oxygen atoms in total. The number of rotatable bonds is 10. The molecular formula is C21H27NO5S. The van der Waals surface area contributed by atoms with Crippen LogP contribution in [0.15, 0.2) is 42.5 Å². The number of carbonyl (C=O) groups is 1. The van der Waals surface area contributed by atoms with Gasteiger partial charge in [0.15, 0.2) is 21.3 Å². The molecule has 0 spiro atoms. The average molecular weight is 406 g/mol. The molecule has 0 atom stereocenters. The quantitative estimate of drug-likeness (QED) is 0.645. The third kappa shape index (κ3) is 6.88. The molecule has 0 fully saturated rings. The Bertz CT molecular complexity index is 892. The van der Waals surface area contributed by atoms with Crippen LogP contribution < -0.4 is 14.8 Å². The predicted molar refractivity (Wildman–Crippen MR) is 111 cm³/mol. The zero-order valence-corrected chi connectivity index (χ0v) is 17.3. The minimum atomic E-state index is -3.11. The van der Waals surface area contributed by atoms with E-state index >= 15 is 0 Å². The van der Waals surface area contributed by atoms with Crippen molar-refractivity contribution >= 4 is 21.4 Å². The second-order valence-corrected chi connectivity index (χ2v) is 8.72. The van der Waals surface area contributed by atoms with E-state index in [2.05, 4.69) is 5.32 Å². The van der Waals surface area contributed by atoms with Gasteiger partial charge in [-0.15, -0.1) is 0 Å². The van der Waals surface area contributed by atoms with Crippen LogP contribution in [-0.2, 0) is 15.6 Å². The van der Waals surface area contributed by atoms with Crippen LogP contribution in [0.25, 0.3) is 0 Å². The molecule has 0 aliphatic carbocycles. The van der Waals surface area contributed by atoms with Crippen molar-refractivity contribution in [3.63, 3.8) is 0 Å². The molecule has 2 rings (SSSR count). The second-order valence-electron chi connectivity index (χ2n) is 6.58. The molecule has 0 unspecified atom stereocenters. The van der Waals surface area contributed by atoms with Crippen LogP contribution in [0.4, 0.5) is 5.69 Å². The van der Waals surface area contributed by atoms with Crippen LogP contribution in [0, 0.1) is 0 Å². The van der Waals surface area contributed by atoms with E-state index in [1.54, 1.807) is 42.5 Å². The third-order valence-electron chi connectivity index (χ3n) is 3.77. The van der Waals surface area contributed by atoms with Gasteiger partial charge in [0.1, 0.15) is 0 Å². The SMILES string of the molecule is CCCOc1ccc(NC(=O)c2ccc(CS(C)(=O)=O)cc2)cc1OCCC. The van der Waals surface area contributed by atoms with Gasteiger partial charge in [0.05, 0.1) is 19.0 Å². The number of nitrogens with one attached hydrogen (secondary N) is 1. The van der Waals surface area contributed by atoms with E-state index in [1.165, 1.54) is 6.26 Å². The molecule has 0 bridgehead atoms. The van der Waals surface area contributed by atoms with Gasteiger partial charge >= 0.3 is 0 Å². The van der Waals surface area contributed by atoms with E-state index in [9.17, 15) is 13.2 Å². The Hall–Kier alpha value is -2.54. The van der Waals surface area contributed by atoms with Crippen LogP contribution in [0.3, 0.4) is 0 Å². The number of carbonyl (C=O) groups excluding carboxylic acids is 1. The number of hydrogen-bond donors (Lipinski definition) is 1. The Balaban J connectivity index is 2.11. The number of sulfone groups is 1. The summed E-state index contributed by atoms with van der Waals surface area (Å²) in [5.41, 5.74) is 1.69. The number of amides is 1. The van der Waals surface area contributed by atoms with Crippen molar-refractivity contribution in [2.75, 3.05) is 24.8 Å². The molecule has 2 aromatic carbocycles. The van der Waals surface area contributed by atoms with E-state index < -0.39 is 9.84 Å². The Morgan fingerprint density at radius 3 is 2.11 bits per heavy atom. The molecule has 7 heteroatoms. The van der Waals surface area contributed by atoms with Crippen molar-refractivity contribution in [1.82, 2.24) is 0 Å². The Morgan fingerprint density at radius 1 is 0.929 bits per heavy atom. The topological polar surface area (TPSA) is 81.7 Å². The molecular weight excluding hydrogens is 378 g/mol. The van der Waals surface area contributed by atoms with Gasteiger partial charge in [-0.05, 0) is 42.7 Å². The first kappa shape index (κ1) is 21.8. The lowest BCUT2D eigenvalue weighted by molar-refractivity contribution is 0.102. The van der Waals surface area contributed by atoms with E-state index in [4.69, 9.17) is 9.47 Å². The summed E-state index contributed by atoms with van der Waals surface area (Å²) in [5, 5.41) is 2.83. The second kappa shape index (κ2) is 10.1. The van der Waals surface area contributed by atoms with Crippen molar-refractivity contribution in [3.05, 3.63) is 53.6 Å². The molecule has 28 heavy (non-hydrogen) atoms. The van der Waals surface area contributed by atoms with Gasteiger partial charge in [-0.25, -0.2) is 8.42 Å². The molecule has 0 heterocycles. The molecule has 2 aromatic rings. The van der Waals surface area contributed by atoms with Crippen LogP contribution in [0.5, 0.6) is 11.5 Å². The summed E-state index contributed by atoms with van der Waals surface area (Å²) in [6, 6.07) is 11.8. The lowest BCUT2D eigenvalue weighted by Gasteiger charge is -2.14. The summed E-state index contributed by atoms with van der Waals surface area (Å²) in [5.74, 6) is 0.913. The summed E-state index contributed by atoms with van der Waals surface area (Å²) in [6.45, 7) is 5.20. The maximum Gasteiger partial charge on any atom is 0.255 e. The van der Waals surface area contributed by atoms with Gasteiger partial charge in [-0.2, -0.15) is 0 Å².